The van der Waals surface area contributed by atoms with Crippen LogP contribution in [0.25, 0.3) is 0 Å². The molecule has 2 aliphatic rings. The van der Waals surface area contributed by atoms with E-state index in [-0.39, 0.29) is 23.9 Å². The van der Waals surface area contributed by atoms with Gasteiger partial charge in [0.25, 0.3) is 0 Å². The Morgan fingerprint density at radius 3 is 2.44 bits per heavy atom. The lowest BCUT2D eigenvalue weighted by atomic mass is 9.94. The van der Waals surface area contributed by atoms with Crippen molar-refractivity contribution in [1.29, 1.82) is 0 Å². The molecule has 2 fully saturated rings. The van der Waals surface area contributed by atoms with Gasteiger partial charge in [0.05, 0.1) is 12.2 Å². The van der Waals surface area contributed by atoms with Crippen molar-refractivity contribution in [3.8, 4) is 0 Å². The van der Waals surface area contributed by atoms with Crippen LogP contribution in [0.4, 0.5) is 4.39 Å². The van der Waals surface area contributed by atoms with Crippen LogP contribution in [0, 0.1) is 18.7 Å². The Balaban J connectivity index is 1.52. The summed E-state index contributed by atoms with van der Waals surface area (Å²) in [5.41, 5.74) is 2.16. The molecule has 5 heteroatoms. The van der Waals surface area contributed by atoms with Crippen molar-refractivity contribution < 1.29 is 13.9 Å². The Labute approximate surface area is 149 Å². The maximum atomic E-state index is 13.2. The lowest BCUT2D eigenvalue weighted by Crippen LogP contribution is -2.51. The van der Waals surface area contributed by atoms with Gasteiger partial charge in [-0.25, -0.2) is 4.39 Å². The number of hydrogen-bond donors (Lipinski definition) is 0. The molecule has 2 atom stereocenters. The van der Waals surface area contributed by atoms with E-state index in [1.807, 2.05) is 31.7 Å². The zero-order valence-electron chi connectivity index (χ0n) is 15.5. The zero-order chi connectivity index (χ0) is 18.0. The molecule has 0 aromatic heterocycles. The van der Waals surface area contributed by atoms with Crippen molar-refractivity contribution >= 4 is 5.91 Å². The van der Waals surface area contributed by atoms with Gasteiger partial charge in [0, 0.05) is 25.6 Å². The van der Waals surface area contributed by atoms with E-state index in [4.69, 9.17) is 4.74 Å². The first-order valence-corrected chi connectivity index (χ1v) is 9.34. The molecular weight excluding hydrogens is 319 g/mol. The summed E-state index contributed by atoms with van der Waals surface area (Å²) in [4.78, 5) is 17.2. The number of carbonyl (C=O) groups excluding carboxylic acids is 1. The number of halogens is 1. The van der Waals surface area contributed by atoms with Gasteiger partial charge in [-0.3, -0.25) is 9.69 Å². The first-order valence-electron chi connectivity index (χ1n) is 9.34. The van der Waals surface area contributed by atoms with Crippen LogP contribution in [-0.4, -0.2) is 54.1 Å². The van der Waals surface area contributed by atoms with E-state index in [1.165, 1.54) is 11.6 Å². The van der Waals surface area contributed by atoms with Gasteiger partial charge in [-0.1, -0.05) is 6.07 Å². The monoisotopic (exact) mass is 348 g/mol. The number of morpholine rings is 1. The second kappa shape index (κ2) is 7.83. The van der Waals surface area contributed by atoms with E-state index in [2.05, 4.69) is 4.90 Å². The summed E-state index contributed by atoms with van der Waals surface area (Å²) in [6, 6.07) is 4.99. The quantitative estimate of drug-likeness (QED) is 0.842. The second-order valence-electron chi connectivity index (χ2n) is 7.62. The Morgan fingerprint density at radius 1 is 1.20 bits per heavy atom. The van der Waals surface area contributed by atoms with Gasteiger partial charge in [0.15, 0.2) is 0 Å². The van der Waals surface area contributed by atoms with Crippen LogP contribution < -0.4 is 0 Å². The molecule has 0 unspecified atom stereocenters. The average Bonchev–Trinajstić information content (AvgIpc) is 2.56. The molecule has 2 saturated heterocycles. The molecule has 4 nitrogen and oxygen atoms in total. The van der Waals surface area contributed by atoms with Crippen molar-refractivity contribution in [2.75, 3.05) is 26.2 Å². The number of aryl methyl sites for hydroxylation is 1. The van der Waals surface area contributed by atoms with Crippen molar-refractivity contribution in [3.63, 3.8) is 0 Å². The fourth-order valence-corrected chi connectivity index (χ4v) is 4.03. The van der Waals surface area contributed by atoms with Crippen molar-refractivity contribution in [2.24, 2.45) is 5.92 Å². The van der Waals surface area contributed by atoms with Gasteiger partial charge in [-0.15, -0.1) is 0 Å². The minimum atomic E-state index is -0.181. The topological polar surface area (TPSA) is 32.8 Å². The first kappa shape index (κ1) is 18.3. The molecule has 1 aromatic rings. The van der Waals surface area contributed by atoms with Crippen LogP contribution in [0.1, 0.15) is 37.8 Å². The van der Waals surface area contributed by atoms with Crippen LogP contribution in [0.5, 0.6) is 0 Å². The highest BCUT2D eigenvalue weighted by molar-refractivity contribution is 5.79. The van der Waals surface area contributed by atoms with Gasteiger partial charge in [-0.05, 0) is 70.0 Å². The molecule has 0 radical (unpaired) electrons. The van der Waals surface area contributed by atoms with Crippen molar-refractivity contribution in [1.82, 2.24) is 9.80 Å². The van der Waals surface area contributed by atoms with E-state index in [0.717, 1.165) is 38.0 Å². The third kappa shape index (κ3) is 4.59. The van der Waals surface area contributed by atoms with Crippen LogP contribution in [0.15, 0.2) is 18.2 Å². The number of rotatable bonds is 3. The standard InChI is InChI=1S/C20H29FN2O2/c1-14-10-19(21)5-4-18(14)13-22-8-6-17(7-9-22)20(24)23-11-15(2)25-16(3)12-23/h4-5,10,15-17H,6-9,11-13H2,1-3H3/t15-,16-/m0/s1. The molecule has 1 aromatic carbocycles. The fraction of sp³-hybridized carbons (Fsp3) is 0.650. The Kier molecular flexibility index (Phi) is 5.74. The molecule has 2 aliphatic heterocycles. The Bertz CT molecular complexity index is 604. The summed E-state index contributed by atoms with van der Waals surface area (Å²) >= 11 is 0. The number of benzene rings is 1. The van der Waals surface area contributed by atoms with Crippen LogP contribution >= 0.6 is 0 Å². The van der Waals surface area contributed by atoms with Crippen LogP contribution in [0.2, 0.25) is 0 Å². The number of piperidine rings is 1. The normalized spacial score (nSPS) is 26.0. The molecule has 0 saturated carbocycles. The lowest BCUT2D eigenvalue weighted by molar-refractivity contribution is -0.148. The molecule has 3 rings (SSSR count). The van der Waals surface area contributed by atoms with Crippen LogP contribution in [0.3, 0.4) is 0 Å². The molecular formula is C20H29FN2O2. The summed E-state index contributed by atoms with van der Waals surface area (Å²) in [5.74, 6) is 0.238. The number of carbonyl (C=O) groups is 1. The molecule has 1 amide bonds. The molecule has 138 valence electrons. The predicted molar refractivity (Wildman–Crippen MR) is 95.7 cm³/mol. The van der Waals surface area contributed by atoms with Gasteiger partial charge >= 0.3 is 0 Å². The molecule has 25 heavy (non-hydrogen) atoms. The van der Waals surface area contributed by atoms with Gasteiger partial charge < -0.3 is 9.64 Å². The summed E-state index contributed by atoms with van der Waals surface area (Å²) in [6.07, 6.45) is 2.04. The molecule has 0 spiro atoms. The number of ether oxygens (including phenoxy) is 1. The highest BCUT2D eigenvalue weighted by Crippen LogP contribution is 2.24. The van der Waals surface area contributed by atoms with Gasteiger partial charge in [-0.2, -0.15) is 0 Å². The van der Waals surface area contributed by atoms with E-state index in [9.17, 15) is 9.18 Å². The third-order valence-electron chi connectivity index (χ3n) is 5.37. The van der Waals surface area contributed by atoms with E-state index < -0.39 is 0 Å². The van der Waals surface area contributed by atoms with Gasteiger partial charge in [0.1, 0.15) is 5.82 Å². The summed E-state index contributed by atoms with van der Waals surface area (Å²) < 4.78 is 19.0. The maximum Gasteiger partial charge on any atom is 0.225 e. The van der Waals surface area contributed by atoms with E-state index >= 15 is 0 Å². The third-order valence-corrected chi connectivity index (χ3v) is 5.37. The lowest BCUT2D eigenvalue weighted by Gasteiger charge is -2.39. The smallest absolute Gasteiger partial charge is 0.225 e. The summed E-state index contributed by atoms with van der Waals surface area (Å²) in [5, 5.41) is 0. The van der Waals surface area contributed by atoms with Crippen LogP contribution in [-0.2, 0) is 16.1 Å². The van der Waals surface area contributed by atoms with E-state index in [0.29, 0.717) is 19.0 Å². The first-order chi connectivity index (χ1) is 11.9. The summed E-state index contributed by atoms with van der Waals surface area (Å²) in [7, 11) is 0. The molecule has 0 N–H and O–H groups in total. The molecule has 0 bridgehead atoms. The highest BCUT2D eigenvalue weighted by atomic mass is 19.1. The number of nitrogens with zero attached hydrogens (tertiary/aromatic N) is 2. The second-order valence-corrected chi connectivity index (χ2v) is 7.62. The molecule has 0 aliphatic carbocycles. The Hall–Kier alpha value is -1.46. The SMILES string of the molecule is Cc1cc(F)ccc1CN1CCC(C(=O)N2C[C@H](C)O[C@@H](C)C2)CC1. The number of likely N-dealkylation sites (tertiary alicyclic amines) is 1. The fourth-order valence-electron chi connectivity index (χ4n) is 4.03. The minimum Gasteiger partial charge on any atom is -0.372 e. The highest BCUT2D eigenvalue weighted by Gasteiger charge is 2.32. The van der Waals surface area contributed by atoms with Crippen molar-refractivity contribution in [3.05, 3.63) is 35.1 Å². The maximum absolute atomic E-state index is 13.2. The number of amides is 1. The van der Waals surface area contributed by atoms with Crippen molar-refractivity contribution in [2.45, 2.75) is 52.4 Å². The minimum absolute atomic E-state index is 0.120. The van der Waals surface area contributed by atoms with Gasteiger partial charge in [0.2, 0.25) is 5.91 Å². The largest absolute Gasteiger partial charge is 0.372 e. The zero-order valence-corrected chi connectivity index (χ0v) is 15.5. The number of hydrogen-bond acceptors (Lipinski definition) is 3. The summed E-state index contributed by atoms with van der Waals surface area (Å²) in [6.45, 7) is 10.1. The Morgan fingerprint density at radius 2 is 1.84 bits per heavy atom. The van der Waals surface area contributed by atoms with E-state index in [1.54, 1.807) is 6.07 Å². The average molecular weight is 348 g/mol. The predicted octanol–water partition coefficient (Wildman–Crippen LogP) is 2.98. The molecule has 2 heterocycles.